The fourth-order valence-electron chi connectivity index (χ4n) is 2.21. The van der Waals surface area contributed by atoms with Crippen LogP contribution in [0.5, 0.6) is 0 Å². The fourth-order valence-corrected chi connectivity index (χ4v) is 2.21. The molecule has 0 aromatic heterocycles. The molecule has 0 radical (unpaired) electrons. The lowest BCUT2D eigenvalue weighted by Gasteiger charge is -2.36. The zero-order valence-electron chi connectivity index (χ0n) is 11.5. The average Bonchev–Trinajstić information content (AvgIpc) is 2.12. The molecule has 0 aromatic carbocycles. The van der Waals surface area contributed by atoms with E-state index in [0.717, 1.165) is 6.42 Å². The van der Waals surface area contributed by atoms with Gasteiger partial charge in [-0.15, -0.1) is 0 Å². The molecule has 2 nitrogen and oxygen atoms in total. The summed E-state index contributed by atoms with van der Waals surface area (Å²) in [5.74, 6) is 0. The quantitative estimate of drug-likeness (QED) is 0.602. The van der Waals surface area contributed by atoms with Crippen LogP contribution in [0.4, 0.5) is 0 Å². The number of ether oxygens (including phenoxy) is 2. The lowest BCUT2D eigenvalue weighted by molar-refractivity contribution is -0.125. The summed E-state index contributed by atoms with van der Waals surface area (Å²) in [6.07, 6.45) is 3.28. The van der Waals surface area contributed by atoms with Crippen LogP contribution in [0, 0.1) is 10.8 Å². The Morgan fingerprint density at radius 3 is 1.73 bits per heavy atom. The van der Waals surface area contributed by atoms with Crippen molar-refractivity contribution in [1.82, 2.24) is 0 Å². The number of hydrogen-bond acceptors (Lipinski definition) is 2. The molecule has 0 atom stereocenters. The molecule has 0 saturated heterocycles. The first-order valence-electron chi connectivity index (χ1n) is 5.82. The molecular weight excluding hydrogens is 188 g/mol. The summed E-state index contributed by atoms with van der Waals surface area (Å²) in [6.45, 7) is 11.5. The second-order valence-electron chi connectivity index (χ2n) is 5.96. The fraction of sp³-hybridized carbons (Fsp3) is 1.00. The van der Waals surface area contributed by atoms with Gasteiger partial charge in [0.2, 0.25) is 0 Å². The molecule has 0 unspecified atom stereocenters. The Morgan fingerprint density at radius 1 is 0.933 bits per heavy atom. The van der Waals surface area contributed by atoms with Gasteiger partial charge < -0.3 is 9.47 Å². The Balaban J connectivity index is 4.28. The first-order valence-corrected chi connectivity index (χ1v) is 5.82. The van der Waals surface area contributed by atoms with Crippen molar-refractivity contribution in [3.05, 3.63) is 0 Å². The maximum Gasteiger partial charge on any atom is 0.157 e. The molecule has 0 fully saturated rings. The molecule has 0 amide bonds. The molecule has 0 aliphatic heterocycles. The van der Waals surface area contributed by atoms with E-state index in [2.05, 4.69) is 34.6 Å². The van der Waals surface area contributed by atoms with Gasteiger partial charge in [0.15, 0.2) is 6.29 Å². The standard InChI is InChI=1S/C13H28O2/c1-8-12(2,3)10-13(4,5)9-11(14-6)15-7/h11H,8-10H2,1-7H3. The summed E-state index contributed by atoms with van der Waals surface area (Å²) in [5, 5.41) is 0. The van der Waals surface area contributed by atoms with E-state index in [1.165, 1.54) is 12.8 Å². The van der Waals surface area contributed by atoms with Crippen LogP contribution in [-0.4, -0.2) is 20.5 Å². The van der Waals surface area contributed by atoms with Crippen LogP contribution < -0.4 is 0 Å². The lowest BCUT2D eigenvalue weighted by atomic mass is 9.72. The van der Waals surface area contributed by atoms with E-state index in [4.69, 9.17) is 9.47 Å². The Bertz CT molecular complexity index is 169. The van der Waals surface area contributed by atoms with Crippen LogP contribution in [0.25, 0.3) is 0 Å². The van der Waals surface area contributed by atoms with Crippen LogP contribution in [0.2, 0.25) is 0 Å². The molecule has 0 spiro atoms. The van der Waals surface area contributed by atoms with Gasteiger partial charge in [-0.25, -0.2) is 0 Å². The van der Waals surface area contributed by atoms with Crippen molar-refractivity contribution in [2.24, 2.45) is 10.8 Å². The van der Waals surface area contributed by atoms with Gasteiger partial charge in [-0.3, -0.25) is 0 Å². The van der Waals surface area contributed by atoms with E-state index in [-0.39, 0.29) is 11.7 Å². The zero-order chi connectivity index (χ0) is 12.1. The highest BCUT2D eigenvalue weighted by Gasteiger charge is 2.30. The molecule has 0 aliphatic carbocycles. The molecule has 0 aromatic rings. The van der Waals surface area contributed by atoms with Crippen molar-refractivity contribution in [3.8, 4) is 0 Å². The summed E-state index contributed by atoms with van der Waals surface area (Å²) in [7, 11) is 3.41. The van der Waals surface area contributed by atoms with Gasteiger partial charge in [0, 0.05) is 20.6 Å². The van der Waals surface area contributed by atoms with E-state index in [9.17, 15) is 0 Å². The molecule has 0 aliphatic rings. The van der Waals surface area contributed by atoms with Crippen molar-refractivity contribution in [1.29, 1.82) is 0 Å². The monoisotopic (exact) mass is 216 g/mol. The lowest BCUT2D eigenvalue weighted by Crippen LogP contribution is -2.28. The molecule has 0 rings (SSSR count). The van der Waals surface area contributed by atoms with Gasteiger partial charge in [0.05, 0.1) is 0 Å². The smallest absolute Gasteiger partial charge is 0.157 e. The molecular formula is C13H28O2. The minimum Gasteiger partial charge on any atom is -0.356 e. The first kappa shape index (κ1) is 14.9. The Labute approximate surface area is 95.3 Å². The second kappa shape index (κ2) is 5.86. The van der Waals surface area contributed by atoms with Gasteiger partial charge >= 0.3 is 0 Å². The highest BCUT2D eigenvalue weighted by Crippen LogP contribution is 2.39. The summed E-state index contributed by atoms with van der Waals surface area (Å²) >= 11 is 0. The summed E-state index contributed by atoms with van der Waals surface area (Å²) in [5.41, 5.74) is 0.658. The molecule has 15 heavy (non-hydrogen) atoms. The van der Waals surface area contributed by atoms with E-state index >= 15 is 0 Å². The van der Waals surface area contributed by atoms with Gasteiger partial charge in [-0.05, 0) is 17.3 Å². The largest absolute Gasteiger partial charge is 0.356 e. The van der Waals surface area contributed by atoms with Gasteiger partial charge in [-0.2, -0.15) is 0 Å². The maximum atomic E-state index is 5.26. The van der Waals surface area contributed by atoms with Crippen molar-refractivity contribution < 1.29 is 9.47 Å². The van der Waals surface area contributed by atoms with Crippen LogP contribution in [0.15, 0.2) is 0 Å². The van der Waals surface area contributed by atoms with Crippen molar-refractivity contribution in [2.75, 3.05) is 14.2 Å². The van der Waals surface area contributed by atoms with Gasteiger partial charge in [0.25, 0.3) is 0 Å². The average molecular weight is 216 g/mol. The van der Waals surface area contributed by atoms with Gasteiger partial charge in [0.1, 0.15) is 0 Å². The first-order chi connectivity index (χ1) is 6.76. The predicted molar refractivity (Wildman–Crippen MR) is 64.9 cm³/mol. The minimum atomic E-state index is -0.0762. The minimum absolute atomic E-state index is 0.0762. The van der Waals surface area contributed by atoms with Crippen molar-refractivity contribution >= 4 is 0 Å². The predicted octanol–water partition coefficient (Wildman–Crippen LogP) is 3.85. The molecule has 0 N–H and O–H groups in total. The third kappa shape index (κ3) is 6.16. The highest BCUT2D eigenvalue weighted by atomic mass is 16.7. The van der Waals surface area contributed by atoms with Crippen molar-refractivity contribution in [2.45, 2.75) is 60.2 Å². The van der Waals surface area contributed by atoms with Crippen LogP contribution in [0.1, 0.15) is 53.9 Å². The van der Waals surface area contributed by atoms with E-state index < -0.39 is 0 Å². The number of rotatable bonds is 7. The second-order valence-corrected chi connectivity index (χ2v) is 5.96. The van der Waals surface area contributed by atoms with Crippen LogP contribution >= 0.6 is 0 Å². The Hall–Kier alpha value is -0.0800. The van der Waals surface area contributed by atoms with E-state index in [1.54, 1.807) is 14.2 Å². The summed E-state index contributed by atoms with van der Waals surface area (Å²) in [4.78, 5) is 0. The third-order valence-electron chi connectivity index (χ3n) is 3.16. The van der Waals surface area contributed by atoms with Gasteiger partial charge in [-0.1, -0.05) is 41.0 Å². The van der Waals surface area contributed by atoms with E-state index in [1.807, 2.05) is 0 Å². The molecule has 0 bridgehead atoms. The topological polar surface area (TPSA) is 18.5 Å². The third-order valence-corrected chi connectivity index (χ3v) is 3.16. The normalized spacial score (nSPS) is 13.6. The van der Waals surface area contributed by atoms with Crippen LogP contribution in [-0.2, 0) is 9.47 Å². The van der Waals surface area contributed by atoms with Crippen LogP contribution in [0.3, 0.4) is 0 Å². The molecule has 0 saturated carbocycles. The molecule has 0 heterocycles. The summed E-state index contributed by atoms with van der Waals surface area (Å²) < 4.78 is 10.5. The SMILES string of the molecule is CCC(C)(C)CC(C)(C)CC(OC)OC. The van der Waals surface area contributed by atoms with Crippen molar-refractivity contribution in [3.63, 3.8) is 0 Å². The van der Waals surface area contributed by atoms with E-state index in [0.29, 0.717) is 5.41 Å². The maximum absolute atomic E-state index is 5.26. The zero-order valence-corrected chi connectivity index (χ0v) is 11.5. The number of hydrogen-bond donors (Lipinski definition) is 0. The molecule has 92 valence electrons. The Morgan fingerprint density at radius 2 is 1.40 bits per heavy atom. The molecule has 2 heteroatoms. The number of methoxy groups -OCH3 is 2. The highest BCUT2D eigenvalue weighted by molar-refractivity contribution is 4.79. The Kier molecular flexibility index (Phi) is 5.82. The summed E-state index contributed by atoms with van der Waals surface area (Å²) in [6, 6.07) is 0.